The SMILES string of the molecule is COC(=O)/C=C\C(N)COCc1ccccc1. The zero-order valence-corrected chi connectivity index (χ0v) is 9.84. The summed E-state index contributed by atoms with van der Waals surface area (Å²) in [7, 11) is 1.32. The van der Waals surface area contributed by atoms with Gasteiger partial charge in [-0.3, -0.25) is 0 Å². The molecule has 1 aromatic rings. The number of hydrogen-bond acceptors (Lipinski definition) is 4. The summed E-state index contributed by atoms with van der Waals surface area (Å²) >= 11 is 0. The molecule has 92 valence electrons. The predicted molar refractivity (Wildman–Crippen MR) is 65.2 cm³/mol. The van der Waals surface area contributed by atoms with E-state index in [1.54, 1.807) is 6.08 Å². The van der Waals surface area contributed by atoms with Crippen molar-refractivity contribution in [2.24, 2.45) is 5.73 Å². The molecule has 0 spiro atoms. The molecule has 0 aliphatic rings. The van der Waals surface area contributed by atoms with Crippen LogP contribution in [0.25, 0.3) is 0 Å². The van der Waals surface area contributed by atoms with Gasteiger partial charge in [-0.25, -0.2) is 4.79 Å². The van der Waals surface area contributed by atoms with Gasteiger partial charge in [0.1, 0.15) is 0 Å². The van der Waals surface area contributed by atoms with Crippen LogP contribution in [0.5, 0.6) is 0 Å². The van der Waals surface area contributed by atoms with Crippen molar-refractivity contribution >= 4 is 5.97 Å². The highest BCUT2D eigenvalue weighted by Gasteiger charge is 2.00. The fourth-order valence-electron chi connectivity index (χ4n) is 1.21. The first-order valence-electron chi connectivity index (χ1n) is 5.36. The minimum absolute atomic E-state index is 0.308. The van der Waals surface area contributed by atoms with E-state index in [4.69, 9.17) is 10.5 Å². The molecule has 1 rings (SSSR count). The Labute approximate surface area is 101 Å². The van der Waals surface area contributed by atoms with Crippen LogP contribution in [0.4, 0.5) is 0 Å². The average Bonchev–Trinajstić information content (AvgIpc) is 2.37. The van der Waals surface area contributed by atoms with Crippen LogP contribution in [0.2, 0.25) is 0 Å². The lowest BCUT2D eigenvalue weighted by atomic mass is 10.2. The van der Waals surface area contributed by atoms with Crippen molar-refractivity contribution in [1.29, 1.82) is 0 Å². The molecule has 0 bridgehead atoms. The van der Waals surface area contributed by atoms with Crippen molar-refractivity contribution in [1.82, 2.24) is 0 Å². The minimum atomic E-state index is -0.413. The Bertz CT molecular complexity index is 362. The zero-order valence-electron chi connectivity index (χ0n) is 9.84. The van der Waals surface area contributed by atoms with Crippen LogP contribution >= 0.6 is 0 Å². The van der Waals surface area contributed by atoms with Gasteiger partial charge in [-0.1, -0.05) is 36.4 Å². The largest absolute Gasteiger partial charge is 0.466 e. The highest BCUT2D eigenvalue weighted by atomic mass is 16.5. The molecule has 1 unspecified atom stereocenters. The van der Waals surface area contributed by atoms with Gasteiger partial charge in [-0.05, 0) is 5.56 Å². The Morgan fingerprint density at radius 2 is 2.12 bits per heavy atom. The summed E-state index contributed by atoms with van der Waals surface area (Å²) in [5.74, 6) is -0.413. The minimum Gasteiger partial charge on any atom is -0.466 e. The maximum Gasteiger partial charge on any atom is 0.330 e. The molecule has 1 aromatic carbocycles. The second-order valence-electron chi connectivity index (χ2n) is 3.55. The molecule has 4 heteroatoms. The van der Waals surface area contributed by atoms with Gasteiger partial charge in [0.05, 0.1) is 20.3 Å². The molecule has 1 atom stereocenters. The molecule has 0 saturated heterocycles. The van der Waals surface area contributed by atoms with Crippen molar-refractivity contribution in [3.63, 3.8) is 0 Å². The van der Waals surface area contributed by atoms with E-state index >= 15 is 0 Å². The zero-order chi connectivity index (χ0) is 12.5. The Kier molecular flexibility index (Phi) is 5.99. The van der Waals surface area contributed by atoms with Crippen LogP contribution < -0.4 is 5.73 Å². The molecule has 0 aliphatic heterocycles. The number of hydrogen-bond donors (Lipinski definition) is 1. The number of nitrogens with two attached hydrogens (primary N) is 1. The molecular weight excluding hydrogens is 218 g/mol. The lowest BCUT2D eigenvalue weighted by Gasteiger charge is -2.07. The second kappa shape index (κ2) is 7.60. The van der Waals surface area contributed by atoms with E-state index in [1.807, 2.05) is 30.3 Å². The van der Waals surface area contributed by atoms with E-state index < -0.39 is 5.97 Å². The number of esters is 1. The second-order valence-corrected chi connectivity index (χ2v) is 3.55. The monoisotopic (exact) mass is 235 g/mol. The molecule has 4 nitrogen and oxygen atoms in total. The van der Waals surface area contributed by atoms with E-state index in [2.05, 4.69) is 4.74 Å². The lowest BCUT2D eigenvalue weighted by Crippen LogP contribution is -2.23. The highest BCUT2D eigenvalue weighted by Crippen LogP contribution is 2.00. The smallest absolute Gasteiger partial charge is 0.330 e. The molecular formula is C13H17NO3. The molecule has 0 heterocycles. The number of rotatable bonds is 6. The maximum absolute atomic E-state index is 10.8. The third-order valence-electron chi connectivity index (χ3n) is 2.10. The summed E-state index contributed by atoms with van der Waals surface area (Å²) in [5, 5.41) is 0. The molecule has 17 heavy (non-hydrogen) atoms. The van der Waals surface area contributed by atoms with Crippen molar-refractivity contribution in [3.05, 3.63) is 48.0 Å². The molecule has 0 amide bonds. The van der Waals surface area contributed by atoms with Gasteiger partial charge in [0.15, 0.2) is 0 Å². The maximum atomic E-state index is 10.8. The third-order valence-corrected chi connectivity index (χ3v) is 2.10. The predicted octanol–water partition coefficient (Wildman–Crippen LogP) is 1.26. The Morgan fingerprint density at radius 3 is 2.76 bits per heavy atom. The van der Waals surface area contributed by atoms with Gasteiger partial charge in [0.25, 0.3) is 0 Å². The molecule has 0 radical (unpaired) electrons. The van der Waals surface area contributed by atoms with Gasteiger partial charge >= 0.3 is 5.97 Å². The normalized spacial score (nSPS) is 12.6. The molecule has 0 fully saturated rings. The van der Waals surface area contributed by atoms with E-state index in [0.717, 1.165) is 5.56 Å². The van der Waals surface area contributed by atoms with Crippen molar-refractivity contribution < 1.29 is 14.3 Å². The number of benzene rings is 1. The topological polar surface area (TPSA) is 61.5 Å². The lowest BCUT2D eigenvalue weighted by molar-refractivity contribution is -0.134. The summed E-state index contributed by atoms with van der Waals surface area (Å²) in [6.07, 6.45) is 2.87. The van der Waals surface area contributed by atoms with Crippen LogP contribution in [0.15, 0.2) is 42.5 Å². The Hall–Kier alpha value is -1.65. The average molecular weight is 235 g/mol. The highest BCUT2D eigenvalue weighted by molar-refractivity contribution is 5.81. The van der Waals surface area contributed by atoms with Gasteiger partial charge in [0.2, 0.25) is 0 Å². The van der Waals surface area contributed by atoms with Crippen LogP contribution in [0.3, 0.4) is 0 Å². The van der Waals surface area contributed by atoms with Crippen molar-refractivity contribution in [2.75, 3.05) is 13.7 Å². The summed E-state index contributed by atoms with van der Waals surface area (Å²) in [6, 6.07) is 9.52. The van der Waals surface area contributed by atoms with E-state index in [0.29, 0.717) is 13.2 Å². The van der Waals surface area contributed by atoms with Gasteiger partial charge in [-0.2, -0.15) is 0 Å². The summed E-state index contributed by atoms with van der Waals surface area (Å²) in [6.45, 7) is 0.878. The first-order chi connectivity index (χ1) is 8.22. The fraction of sp³-hybridized carbons (Fsp3) is 0.308. The van der Waals surface area contributed by atoms with Crippen LogP contribution in [0, 0.1) is 0 Å². The first kappa shape index (κ1) is 13.4. The van der Waals surface area contributed by atoms with Gasteiger partial charge in [-0.15, -0.1) is 0 Å². The quantitative estimate of drug-likeness (QED) is 0.595. The standard InChI is InChI=1S/C13H17NO3/c1-16-13(15)8-7-12(14)10-17-9-11-5-3-2-4-6-11/h2-8,12H,9-10,14H2,1H3/b8-7-. The number of methoxy groups -OCH3 is 1. The van der Waals surface area contributed by atoms with Crippen molar-refractivity contribution in [2.45, 2.75) is 12.6 Å². The van der Waals surface area contributed by atoms with E-state index in [-0.39, 0.29) is 6.04 Å². The van der Waals surface area contributed by atoms with E-state index in [9.17, 15) is 4.79 Å². The number of ether oxygens (including phenoxy) is 2. The van der Waals surface area contributed by atoms with Crippen LogP contribution in [-0.2, 0) is 20.9 Å². The Morgan fingerprint density at radius 1 is 1.41 bits per heavy atom. The third kappa shape index (κ3) is 5.85. The molecule has 0 aliphatic carbocycles. The van der Waals surface area contributed by atoms with Crippen LogP contribution in [-0.4, -0.2) is 25.7 Å². The summed E-state index contributed by atoms with van der Waals surface area (Å²) in [5.41, 5.74) is 6.82. The van der Waals surface area contributed by atoms with Gasteiger partial charge < -0.3 is 15.2 Å². The van der Waals surface area contributed by atoms with Gasteiger partial charge in [0, 0.05) is 12.1 Å². The summed E-state index contributed by atoms with van der Waals surface area (Å²) in [4.78, 5) is 10.8. The molecule has 0 saturated carbocycles. The summed E-state index contributed by atoms with van der Waals surface area (Å²) < 4.78 is 9.87. The number of carbonyl (C=O) groups excluding carboxylic acids is 1. The van der Waals surface area contributed by atoms with E-state index in [1.165, 1.54) is 13.2 Å². The van der Waals surface area contributed by atoms with Crippen molar-refractivity contribution in [3.8, 4) is 0 Å². The fourth-order valence-corrected chi connectivity index (χ4v) is 1.21. The Balaban J connectivity index is 2.22. The first-order valence-corrected chi connectivity index (χ1v) is 5.36. The molecule has 0 aromatic heterocycles. The molecule has 2 N–H and O–H groups in total. The number of carbonyl (C=O) groups is 1. The van der Waals surface area contributed by atoms with Crippen LogP contribution in [0.1, 0.15) is 5.56 Å².